The zero-order chi connectivity index (χ0) is 13.9. The van der Waals surface area contributed by atoms with E-state index in [2.05, 4.69) is 4.98 Å². The topological polar surface area (TPSA) is 50.3 Å². The minimum atomic E-state index is -3.87. The van der Waals surface area contributed by atoms with E-state index in [0.29, 0.717) is 13.0 Å². The quantitative estimate of drug-likeness (QED) is 0.850. The molecule has 0 atom stereocenters. The molecule has 102 valence electrons. The summed E-state index contributed by atoms with van der Waals surface area (Å²) >= 11 is 1.56. The van der Waals surface area contributed by atoms with Crippen LogP contribution in [0.2, 0.25) is 0 Å². The first kappa shape index (κ1) is 14.1. The van der Waals surface area contributed by atoms with Crippen molar-refractivity contribution in [2.75, 3.05) is 13.6 Å². The molecule has 2 rings (SSSR count). The van der Waals surface area contributed by atoms with Crippen LogP contribution >= 0.6 is 11.3 Å². The van der Waals surface area contributed by atoms with E-state index in [0.717, 1.165) is 15.2 Å². The highest BCUT2D eigenvalue weighted by molar-refractivity contribution is 7.89. The molecule has 0 saturated heterocycles. The van der Waals surface area contributed by atoms with Gasteiger partial charge in [-0.2, -0.15) is 4.31 Å². The Morgan fingerprint density at radius 1 is 1.37 bits per heavy atom. The van der Waals surface area contributed by atoms with Crippen molar-refractivity contribution < 1.29 is 12.8 Å². The lowest BCUT2D eigenvalue weighted by molar-refractivity contribution is 0.461. The van der Waals surface area contributed by atoms with Gasteiger partial charge in [0.05, 0.1) is 0 Å². The highest BCUT2D eigenvalue weighted by Gasteiger charge is 2.25. The van der Waals surface area contributed by atoms with Gasteiger partial charge in [-0.1, -0.05) is 6.07 Å². The Hall–Kier alpha value is -1.31. The second-order valence-electron chi connectivity index (χ2n) is 3.95. The molecular weight excluding hydrogens is 287 g/mol. The minimum Gasteiger partial charge on any atom is -0.241 e. The predicted octanol–water partition coefficient (Wildman–Crippen LogP) is 2.15. The van der Waals surface area contributed by atoms with E-state index in [9.17, 15) is 12.8 Å². The first-order valence-corrected chi connectivity index (χ1v) is 7.93. The van der Waals surface area contributed by atoms with Crippen molar-refractivity contribution in [2.24, 2.45) is 0 Å². The van der Waals surface area contributed by atoms with Gasteiger partial charge in [-0.05, 0) is 30.0 Å². The van der Waals surface area contributed by atoms with E-state index in [1.165, 1.54) is 19.3 Å². The molecule has 2 aromatic rings. The summed E-state index contributed by atoms with van der Waals surface area (Å²) in [4.78, 5) is 4.70. The van der Waals surface area contributed by atoms with Crippen LogP contribution in [-0.4, -0.2) is 31.3 Å². The van der Waals surface area contributed by atoms with E-state index < -0.39 is 20.9 Å². The summed E-state index contributed by atoms with van der Waals surface area (Å²) in [7, 11) is -2.44. The molecule has 19 heavy (non-hydrogen) atoms. The number of nitrogens with zero attached hydrogens (tertiary/aromatic N) is 2. The molecule has 4 nitrogen and oxygen atoms in total. The molecule has 0 aromatic carbocycles. The number of likely N-dealkylation sites (N-methyl/N-ethyl adjacent to an activating group) is 1. The van der Waals surface area contributed by atoms with Crippen LogP contribution in [0.1, 0.15) is 4.88 Å². The van der Waals surface area contributed by atoms with Crippen molar-refractivity contribution >= 4 is 21.4 Å². The van der Waals surface area contributed by atoms with Crippen LogP contribution in [0, 0.1) is 5.82 Å². The lowest BCUT2D eigenvalue weighted by Gasteiger charge is -2.16. The largest absolute Gasteiger partial charge is 0.263 e. The predicted molar refractivity (Wildman–Crippen MR) is 72.0 cm³/mol. The molecule has 0 fully saturated rings. The van der Waals surface area contributed by atoms with Gasteiger partial charge in [0.2, 0.25) is 5.03 Å². The third kappa shape index (κ3) is 3.17. The Bertz CT molecular complexity index is 642. The van der Waals surface area contributed by atoms with Gasteiger partial charge in [0.1, 0.15) is 0 Å². The normalized spacial score (nSPS) is 11.9. The number of thiophene rings is 1. The number of pyridine rings is 1. The van der Waals surface area contributed by atoms with Crippen LogP contribution < -0.4 is 0 Å². The van der Waals surface area contributed by atoms with Gasteiger partial charge in [-0.25, -0.2) is 17.8 Å². The van der Waals surface area contributed by atoms with Gasteiger partial charge in [0.25, 0.3) is 10.0 Å². The number of halogens is 1. The van der Waals surface area contributed by atoms with Crippen molar-refractivity contribution in [2.45, 2.75) is 11.4 Å². The molecule has 0 saturated carbocycles. The number of rotatable bonds is 5. The fourth-order valence-electron chi connectivity index (χ4n) is 1.55. The number of hydrogen-bond acceptors (Lipinski definition) is 4. The van der Waals surface area contributed by atoms with Crippen LogP contribution in [0.25, 0.3) is 0 Å². The lowest BCUT2D eigenvalue weighted by Crippen LogP contribution is -2.30. The summed E-state index contributed by atoms with van der Waals surface area (Å²) in [5.41, 5.74) is 0. The fourth-order valence-corrected chi connectivity index (χ4v) is 3.38. The first-order valence-electron chi connectivity index (χ1n) is 5.61. The molecule has 7 heteroatoms. The molecule has 2 heterocycles. The van der Waals surface area contributed by atoms with Crippen LogP contribution in [0.4, 0.5) is 4.39 Å². The minimum absolute atomic E-state index is 0.291. The molecule has 0 amide bonds. The van der Waals surface area contributed by atoms with Crippen molar-refractivity contribution in [3.8, 4) is 0 Å². The smallest absolute Gasteiger partial charge is 0.241 e. The first-order chi connectivity index (χ1) is 9.01. The van der Waals surface area contributed by atoms with Crippen LogP contribution in [0.5, 0.6) is 0 Å². The van der Waals surface area contributed by atoms with Gasteiger partial charge >= 0.3 is 0 Å². The van der Waals surface area contributed by atoms with Gasteiger partial charge < -0.3 is 0 Å². The molecule has 0 spiro atoms. The SMILES string of the molecule is CN(CCc1cccs1)S(=O)(=O)c1ncccc1F. The average molecular weight is 300 g/mol. The monoisotopic (exact) mass is 300 g/mol. The highest BCUT2D eigenvalue weighted by atomic mass is 32.2. The maximum absolute atomic E-state index is 13.5. The van der Waals surface area contributed by atoms with E-state index in [-0.39, 0.29) is 0 Å². The van der Waals surface area contributed by atoms with Crippen LogP contribution in [0.3, 0.4) is 0 Å². The maximum Gasteiger partial charge on any atom is 0.263 e. The Labute approximate surface area is 115 Å². The summed E-state index contributed by atoms with van der Waals surface area (Å²) in [6.45, 7) is 0.291. The molecule has 0 aliphatic rings. The molecule has 0 radical (unpaired) electrons. The second-order valence-corrected chi connectivity index (χ2v) is 6.94. The number of aromatic nitrogens is 1. The van der Waals surface area contributed by atoms with Gasteiger partial charge in [-0.15, -0.1) is 11.3 Å². The van der Waals surface area contributed by atoms with E-state index >= 15 is 0 Å². The Morgan fingerprint density at radius 3 is 2.79 bits per heavy atom. The molecule has 0 aliphatic heterocycles. The Balaban J connectivity index is 2.13. The molecule has 0 aliphatic carbocycles. The van der Waals surface area contributed by atoms with E-state index in [1.54, 1.807) is 11.3 Å². The maximum atomic E-state index is 13.5. The molecule has 0 N–H and O–H groups in total. The van der Waals surface area contributed by atoms with Gasteiger partial charge in [0, 0.05) is 24.7 Å². The average Bonchev–Trinajstić information content (AvgIpc) is 2.89. The standard InChI is InChI=1S/C12H13FN2O2S2/c1-15(8-6-10-4-3-9-18-10)19(16,17)12-11(13)5-2-7-14-12/h2-5,7,9H,6,8H2,1H3. The van der Waals surface area contributed by atoms with Crippen molar-refractivity contribution in [1.29, 1.82) is 0 Å². The van der Waals surface area contributed by atoms with E-state index in [4.69, 9.17) is 0 Å². The van der Waals surface area contributed by atoms with Crippen LogP contribution in [-0.2, 0) is 16.4 Å². The highest BCUT2D eigenvalue weighted by Crippen LogP contribution is 2.16. The summed E-state index contributed by atoms with van der Waals surface area (Å²) in [6.07, 6.45) is 1.87. The van der Waals surface area contributed by atoms with Crippen molar-refractivity contribution in [1.82, 2.24) is 9.29 Å². The fraction of sp³-hybridized carbons (Fsp3) is 0.250. The Kier molecular flexibility index (Phi) is 4.28. The van der Waals surface area contributed by atoms with Crippen LogP contribution in [0.15, 0.2) is 40.9 Å². The second kappa shape index (κ2) is 5.77. The summed E-state index contributed by atoms with van der Waals surface area (Å²) in [6, 6.07) is 6.30. The van der Waals surface area contributed by atoms with Crippen molar-refractivity contribution in [3.05, 3.63) is 46.5 Å². The number of hydrogen-bond donors (Lipinski definition) is 0. The summed E-state index contributed by atoms with van der Waals surface area (Å²) in [5.74, 6) is -0.828. The third-order valence-electron chi connectivity index (χ3n) is 2.63. The third-order valence-corrected chi connectivity index (χ3v) is 5.36. The molecule has 0 bridgehead atoms. The van der Waals surface area contributed by atoms with Crippen molar-refractivity contribution in [3.63, 3.8) is 0 Å². The van der Waals surface area contributed by atoms with E-state index in [1.807, 2.05) is 17.5 Å². The van der Waals surface area contributed by atoms with Gasteiger partial charge in [0.15, 0.2) is 5.82 Å². The molecular formula is C12H13FN2O2S2. The lowest BCUT2D eigenvalue weighted by atomic mass is 10.3. The number of sulfonamides is 1. The van der Waals surface area contributed by atoms with Gasteiger partial charge in [-0.3, -0.25) is 0 Å². The molecule has 0 unspecified atom stereocenters. The summed E-state index contributed by atoms with van der Waals surface area (Å²) < 4.78 is 38.9. The zero-order valence-corrected chi connectivity index (χ0v) is 11.9. The molecule has 2 aromatic heterocycles. The summed E-state index contributed by atoms with van der Waals surface area (Å²) in [5, 5.41) is 1.41. The zero-order valence-electron chi connectivity index (χ0n) is 10.3. The Morgan fingerprint density at radius 2 is 2.16 bits per heavy atom.